The highest BCUT2D eigenvalue weighted by Crippen LogP contribution is 2.22. The fourth-order valence-corrected chi connectivity index (χ4v) is 2.11. The molecule has 1 aromatic carbocycles. The molecular formula is C11H13IOS. The molecule has 0 heterocycles. The Morgan fingerprint density at radius 2 is 2.14 bits per heavy atom. The summed E-state index contributed by atoms with van der Waals surface area (Å²) < 4.78 is 6.53. The number of ether oxygens (including phenoxy) is 1. The molecule has 1 aromatic rings. The molecule has 0 bridgehead atoms. The Kier molecular flexibility index (Phi) is 6.31. The van der Waals surface area contributed by atoms with Crippen LogP contribution in [0.5, 0.6) is 0 Å². The van der Waals surface area contributed by atoms with E-state index in [4.69, 9.17) is 4.74 Å². The first kappa shape index (κ1) is 12.1. The van der Waals surface area contributed by atoms with E-state index in [1.54, 1.807) is 11.8 Å². The summed E-state index contributed by atoms with van der Waals surface area (Å²) in [6, 6.07) is 10.3. The van der Waals surface area contributed by atoms with E-state index in [-0.39, 0.29) is 0 Å². The quantitative estimate of drug-likeness (QED) is 0.597. The molecule has 0 aliphatic rings. The lowest BCUT2D eigenvalue weighted by atomic mass is 10.4. The number of benzene rings is 1. The molecule has 0 amide bonds. The Bertz CT molecular complexity index is 285. The molecule has 0 N–H and O–H groups in total. The van der Waals surface area contributed by atoms with Gasteiger partial charge in [-0.3, -0.25) is 0 Å². The molecule has 76 valence electrons. The fraction of sp³-hybridized carbons (Fsp3) is 0.273. The molecule has 14 heavy (non-hydrogen) atoms. The highest BCUT2D eigenvalue weighted by atomic mass is 127. The van der Waals surface area contributed by atoms with Gasteiger partial charge >= 0.3 is 0 Å². The first-order chi connectivity index (χ1) is 6.83. The summed E-state index contributed by atoms with van der Waals surface area (Å²) in [7, 11) is 0. The zero-order valence-electron chi connectivity index (χ0n) is 8.07. The summed E-state index contributed by atoms with van der Waals surface area (Å²) in [5.74, 6) is 0. The summed E-state index contributed by atoms with van der Waals surface area (Å²) in [6.07, 6.45) is 0. The standard InChI is InChI=1S/C11H13IOS/c1-2-13-8-10(12)9-14-11-6-4-3-5-7-11/h3-7,9H,2,8H2,1H3/b10-9-. The molecule has 0 unspecified atom stereocenters. The van der Waals surface area contributed by atoms with Gasteiger partial charge in [0, 0.05) is 15.1 Å². The van der Waals surface area contributed by atoms with E-state index in [9.17, 15) is 0 Å². The minimum Gasteiger partial charge on any atom is -0.377 e. The van der Waals surface area contributed by atoms with Crippen molar-refractivity contribution in [2.24, 2.45) is 0 Å². The maximum Gasteiger partial charge on any atom is 0.0778 e. The van der Waals surface area contributed by atoms with Gasteiger partial charge in [-0.25, -0.2) is 0 Å². The third-order valence-corrected chi connectivity index (χ3v) is 3.50. The highest BCUT2D eigenvalue weighted by Gasteiger charge is 1.92. The van der Waals surface area contributed by atoms with E-state index >= 15 is 0 Å². The van der Waals surface area contributed by atoms with Crippen LogP contribution in [0.25, 0.3) is 0 Å². The number of hydrogen-bond donors (Lipinski definition) is 0. The Morgan fingerprint density at radius 3 is 2.79 bits per heavy atom. The second-order valence-electron chi connectivity index (χ2n) is 2.63. The molecule has 1 nitrogen and oxygen atoms in total. The van der Waals surface area contributed by atoms with Gasteiger partial charge in [0.1, 0.15) is 0 Å². The maximum absolute atomic E-state index is 5.29. The number of hydrogen-bond acceptors (Lipinski definition) is 2. The largest absolute Gasteiger partial charge is 0.377 e. The smallest absolute Gasteiger partial charge is 0.0778 e. The van der Waals surface area contributed by atoms with Crippen LogP contribution in [-0.2, 0) is 4.74 Å². The summed E-state index contributed by atoms with van der Waals surface area (Å²) in [5.41, 5.74) is 0. The highest BCUT2D eigenvalue weighted by molar-refractivity contribution is 14.1. The van der Waals surface area contributed by atoms with Crippen molar-refractivity contribution in [3.63, 3.8) is 0 Å². The third-order valence-electron chi connectivity index (χ3n) is 1.51. The molecule has 3 heteroatoms. The van der Waals surface area contributed by atoms with Gasteiger partial charge in [0.2, 0.25) is 0 Å². The zero-order chi connectivity index (χ0) is 10.2. The van der Waals surface area contributed by atoms with Gasteiger partial charge in [-0.05, 0) is 47.1 Å². The monoisotopic (exact) mass is 320 g/mol. The van der Waals surface area contributed by atoms with Gasteiger partial charge < -0.3 is 4.74 Å². The number of rotatable bonds is 5. The Hall–Kier alpha value is -0.000000000000000111. The minimum absolute atomic E-state index is 0.719. The summed E-state index contributed by atoms with van der Waals surface area (Å²) in [5, 5.41) is 2.13. The lowest BCUT2D eigenvalue weighted by Crippen LogP contribution is -1.91. The van der Waals surface area contributed by atoms with E-state index in [1.165, 1.54) is 8.48 Å². The van der Waals surface area contributed by atoms with Crippen molar-refractivity contribution >= 4 is 34.4 Å². The van der Waals surface area contributed by atoms with Crippen molar-refractivity contribution in [1.82, 2.24) is 0 Å². The van der Waals surface area contributed by atoms with Gasteiger partial charge in [-0.15, -0.1) is 0 Å². The van der Waals surface area contributed by atoms with Crippen LogP contribution in [0.1, 0.15) is 6.92 Å². The lowest BCUT2D eigenvalue weighted by molar-refractivity contribution is 0.176. The first-order valence-corrected chi connectivity index (χ1v) is 6.42. The topological polar surface area (TPSA) is 9.23 Å². The third kappa shape index (κ3) is 5.02. The lowest BCUT2D eigenvalue weighted by Gasteiger charge is -1.99. The van der Waals surface area contributed by atoms with Crippen LogP contribution < -0.4 is 0 Å². The first-order valence-electron chi connectivity index (χ1n) is 4.47. The fourth-order valence-electron chi connectivity index (χ4n) is 0.865. The molecule has 0 saturated carbocycles. The van der Waals surface area contributed by atoms with Crippen LogP contribution in [0.3, 0.4) is 0 Å². The van der Waals surface area contributed by atoms with Crippen LogP contribution in [-0.4, -0.2) is 13.2 Å². The second-order valence-corrected chi connectivity index (χ2v) is 4.96. The van der Waals surface area contributed by atoms with Gasteiger partial charge in [-0.2, -0.15) is 0 Å². The Morgan fingerprint density at radius 1 is 1.43 bits per heavy atom. The predicted octanol–water partition coefficient (Wildman–Crippen LogP) is 4.09. The van der Waals surface area contributed by atoms with Crippen molar-refractivity contribution in [2.45, 2.75) is 11.8 Å². The summed E-state index contributed by atoms with van der Waals surface area (Å²) in [6.45, 7) is 3.50. The maximum atomic E-state index is 5.29. The van der Waals surface area contributed by atoms with Crippen molar-refractivity contribution in [3.05, 3.63) is 39.3 Å². The molecule has 0 aromatic heterocycles. The van der Waals surface area contributed by atoms with Crippen LogP contribution in [0, 0.1) is 0 Å². The van der Waals surface area contributed by atoms with E-state index in [0.717, 1.165) is 13.2 Å². The normalized spacial score (nSPS) is 11.7. The molecule has 0 radical (unpaired) electrons. The van der Waals surface area contributed by atoms with Crippen molar-refractivity contribution < 1.29 is 4.74 Å². The second kappa shape index (κ2) is 7.31. The van der Waals surface area contributed by atoms with E-state index in [2.05, 4.69) is 40.1 Å². The Labute approximate surface area is 103 Å². The van der Waals surface area contributed by atoms with E-state index in [0.29, 0.717) is 0 Å². The van der Waals surface area contributed by atoms with Crippen molar-refractivity contribution in [1.29, 1.82) is 0 Å². The van der Waals surface area contributed by atoms with E-state index in [1.807, 2.05) is 25.1 Å². The Balaban J connectivity index is 2.39. The van der Waals surface area contributed by atoms with Crippen molar-refractivity contribution in [3.8, 4) is 0 Å². The number of thioether (sulfide) groups is 1. The average molecular weight is 320 g/mol. The molecule has 0 fully saturated rings. The zero-order valence-corrected chi connectivity index (χ0v) is 11.0. The summed E-state index contributed by atoms with van der Waals surface area (Å²) >= 11 is 4.04. The van der Waals surface area contributed by atoms with Crippen LogP contribution in [0.15, 0.2) is 44.2 Å². The van der Waals surface area contributed by atoms with Gasteiger partial charge in [0.25, 0.3) is 0 Å². The molecule has 0 spiro atoms. The number of halogens is 1. The minimum atomic E-state index is 0.719. The van der Waals surface area contributed by atoms with Crippen molar-refractivity contribution in [2.75, 3.05) is 13.2 Å². The van der Waals surface area contributed by atoms with Crippen LogP contribution in [0.4, 0.5) is 0 Å². The SMILES string of the molecule is CCOC/C(I)=C/Sc1ccccc1. The van der Waals surface area contributed by atoms with E-state index < -0.39 is 0 Å². The molecule has 0 atom stereocenters. The van der Waals surface area contributed by atoms with Gasteiger partial charge in [-0.1, -0.05) is 30.0 Å². The molecule has 0 aliphatic heterocycles. The van der Waals surface area contributed by atoms with Crippen LogP contribution >= 0.6 is 34.4 Å². The molecule has 0 aliphatic carbocycles. The van der Waals surface area contributed by atoms with Gasteiger partial charge in [0.15, 0.2) is 0 Å². The molecular weight excluding hydrogens is 307 g/mol. The molecule has 0 saturated heterocycles. The van der Waals surface area contributed by atoms with Gasteiger partial charge in [0.05, 0.1) is 6.61 Å². The average Bonchev–Trinajstić information content (AvgIpc) is 2.25. The predicted molar refractivity (Wildman–Crippen MR) is 70.9 cm³/mol. The molecule has 1 rings (SSSR count). The van der Waals surface area contributed by atoms with Crippen LogP contribution in [0.2, 0.25) is 0 Å². The summed E-state index contributed by atoms with van der Waals surface area (Å²) in [4.78, 5) is 1.26.